The number of hydrogen-bond donors (Lipinski definition) is 1. The summed E-state index contributed by atoms with van der Waals surface area (Å²) in [6, 6.07) is 7.13. The van der Waals surface area contributed by atoms with Crippen LogP contribution in [0.4, 0.5) is 5.69 Å². The normalized spacial score (nSPS) is 13.1. The molecule has 1 N–H and O–H groups in total. The maximum atomic E-state index is 12.1. The minimum Gasteiger partial charge on any atom is -0.325 e. The second-order valence-electron chi connectivity index (χ2n) is 5.17. The zero-order valence-electron chi connectivity index (χ0n) is 13.2. The third-order valence-electron chi connectivity index (χ3n) is 3.44. The second kappa shape index (κ2) is 8.64. The molecule has 0 heterocycles. The highest BCUT2D eigenvalue weighted by Gasteiger charge is 2.21. The lowest BCUT2D eigenvalue weighted by Crippen LogP contribution is -2.42. The molecule has 22 heavy (non-hydrogen) atoms. The Bertz CT molecular complexity index is 587. The molecule has 5 nitrogen and oxygen atoms in total. The molecule has 0 fully saturated rings. The standard InChI is InChI=1S/C15H23BrN2O3S/c1-4-18(12(3)11-22(20,21)5-2)10-15(19)17-14-8-6-13(16)7-9-14/h6-9,12H,4-5,10-11H2,1-3H3,(H,17,19). The van der Waals surface area contributed by atoms with Crippen molar-refractivity contribution in [2.45, 2.75) is 26.8 Å². The molecule has 1 rings (SSSR count). The number of halogens is 1. The van der Waals surface area contributed by atoms with E-state index >= 15 is 0 Å². The first-order valence-corrected chi connectivity index (χ1v) is 9.88. The van der Waals surface area contributed by atoms with E-state index in [0.717, 1.165) is 10.2 Å². The summed E-state index contributed by atoms with van der Waals surface area (Å²) in [5.41, 5.74) is 0.720. The smallest absolute Gasteiger partial charge is 0.238 e. The predicted molar refractivity (Wildman–Crippen MR) is 93.8 cm³/mol. The quantitative estimate of drug-likeness (QED) is 0.740. The van der Waals surface area contributed by atoms with Crippen LogP contribution < -0.4 is 5.32 Å². The third kappa shape index (κ3) is 6.46. The molecule has 7 heteroatoms. The number of likely N-dealkylation sites (N-methyl/N-ethyl adjacent to an activating group) is 1. The van der Waals surface area contributed by atoms with Crippen molar-refractivity contribution in [2.24, 2.45) is 0 Å². The minimum atomic E-state index is -3.05. The van der Waals surface area contributed by atoms with Gasteiger partial charge in [0.1, 0.15) is 0 Å². The highest BCUT2D eigenvalue weighted by molar-refractivity contribution is 9.10. The Morgan fingerprint density at radius 2 is 1.86 bits per heavy atom. The van der Waals surface area contributed by atoms with Gasteiger partial charge in [0.2, 0.25) is 5.91 Å². The van der Waals surface area contributed by atoms with Crippen molar-refractivity contribution in [2.75, 3.05) is 29.9 Å². The number of carbonyl (C=O) groups excluding carboxylic acids is 1. The summed E-state index contributed by atoms with van der Waals surface area (Å²) in [6.07, 6.45) is 0. The molecule has 0 bridgehead atoms. The van der Waals surface area contributed by atoms with Gasteiger partial charge < -0.3 is 5.32 Å². The van der Waals surface area contributed by atoms with E-state index in [2.05, 4.69) is 21.2 Å². The number of carbonyl (C=O) groups is 1. The Morgan fingerprint density at radius 3 is 2.36 bits per heavy atom. The van der Waals surface area contributed by atoms with Crippen molar-refractivity contribution in [3.05, 3.63) is 28.7 Å². The summed E-state index contributed by atoms with van der Waals surface area (Å²) in [6.45, 7) is 6.19. The first-order valence-electron chi connectivity index (χ1n) is 7.27. The van der Waals surface area contributed by atoms with Gasteiger partial charge in [-0.1, -0.05) is 29.8 Å². The van der Waals surface area contributed by atoms with E-state index in [4.69, 9.17) is 0 Å². The highest BCUT2D eigenvalue weighted by Crippen LogP contribution is 2.14. The topological polar surface area (TPSA) is 66.5 Å². The van der Waals surface area contributed by atoms with Gasteiger partial charge in [0.15, 0.2) is 9.84 Å². The second-order valence-corrected chi connectivity index (χ2v) is 8.48. The fraction of sp³-hybridized carbons (Fsp3) is 0.533. The van der Waals surface area contributed by atoms with Gasteiger partial charge in [0.25, 0.3) is 0 Å². The van der Waals surface area contributed by atoms with Crippen molar-refractivity contribution < 1.29 is 13.2 Å². The number of nitrogens with zero attached hydrogens (tertiary/aromatic N) is 1. The Hall–Kier alpha value is -0.920. The molecule has 1 unspecified atom stereocenters. The van der Waals surface area contributed by atoms with Gasteiger partial charge >= 0.3 is 0 Å². The molecular weight excluding hydrogens is 368 g/mol. The van der Waals surface area contributed by atoms with Crippen LogP contribution in [-0.4, -0.2) is 49.9 Å². The van der Waals surface area contributed by atoms with E-state index in [1.54, 1.807) is 6.92 Å². The summed E-state index contributed by atoms with van der Waals surface area (Å²) in [5, 5.41) is 2.81. The maximum absolute atomic E-state index is 12.1. The van der Waals surface area contributed by atoms with E-state index in [0.29, 0.717) is 6.54 Å². The SMILES string of the molecule is CCN(CC(=O)Nc1ccc(Br)cc1)C(C)CS(=O)(=O)CC. The molecular formula is C15H23BrN2O3S. The van der Waals surface area contributed by atoms with Crippen LogP contribution in [0.15, 0.2) is 28.7 Å². The molecule has 1 atom stereocenters. The average molecular weight is 391 g/mol. The molecule has 1 aromatic carbocycles. The zero-order valence-corrected chi connectivity index (χ0v) is 15.6. The van der Waals surface area contributed by atoms with Crippen molar-refractivity contribution in [1.29, 1.82) is 0 Å². The van der Waals surface area contributed by atoms with Crippen molar-refractivity contribution in [1.82, 2.24) is 4.90 Å². The number of sulfone groups is 1. The molecule has 0 saturated heterocycles. The lowest BCUT2D eigenvalue weighted by molar-refractivity contribution is -0.117. The van der Waals surface area contributed by atoms with Crippen LogP contribution in [0.25, 0.3) is 0 Å². The molecule has 0 aliphatic rings. The summed E-state index contributed by atoms with van der Waals surface area (Å²) < 4.78 is 24.4. The molecule has 124 valence electrons. The van der Waals surface area contributed by atoms with Crippen LogP contribution in [0.1, 0.15) is 20.8 Å². The van der Waals surface area contributed by atoms with Gasteiger partial charge in [0, 0.05) is 22.0 Å². The number of anilines is 1. The van der Waals surface area contributed by atoms with Crippen LogP contribution in [0.3, 0.4) is 0 Å². The summed E-state index contributed by atoms with van der Waals surface area (Å²) in [4.78, 5) is 14.0. The third-order valence-corrected chi connectivity index (χ3v) is 5.84. The molecule has 1 aromatic rings. The molecule has 0 radical (unpaired) electrons. The first-order chi connectivity index (χ1) is 10.3. The predicted octanol–water partition coefficient (Wildman–Crippen LogP) is 2.53. The van der Waals surface area contributed by atoms with Gasteiger partial charge in [-0.05, 0) is 37.7 Å². The van der Waals surface area contributed by atoms with Gasteiger partial charge in [0.05, 0.1) is 12.3 Å². The van der Waals surface area contributed by atoms with Crippen LogP contribution in [-0.2, 0) is 14.6 Å². The summed E-state index contributed by atoms with van der Waals surface area (Å²) >= 11 is 3.34. The maximum Gasteiger partial charge on any atom is 0.238 e. The fourth-order valence-electron chi connectivity index (χ4n) is 2.09. The number of rotatable bonds is 8. The molecule has 0 saturated carbocycles. The van der Waals surface area contributed by atoms with Crippen LogP contribution >= 0.6 is 15.9 Å². The van der Waals surface area contributed by atoms with Crippen molar-refractivity contribution in [3.63, 3.8) is 0 Å². The lowest BCUT2D eigenvalue weighted by atomic mass is 10.3. The van der Waals surface area contributed by atoms with Gasteiger partial charge in [-0.2, -0.15) is 0 Å². The van der Waals surface area contributed by atoms with E-state index < -0.39 is 9.84 Å². The molecule has 0 aliphatic heterocycles. The van der Waals surface area contributed by atoms with E-state index in [-0.39, 0.29) is 30.0 Å². The summed E-state index contributed by atoms with van der Waals surface area (Å²) in [5.74, 6) is 0.0491. The van der Waals surface area contributed by atoms with Gasteiger partial charge in [-0.15, -0.1) is 0 Å². The van der Waals surface area contributed by atoms with Gasteiger partial charge in [-0.3, -0.25) is 9.69 Å². The molecule has 0 aromatic heterocycles. The Morgan fingerprint density at radius 1 is 1.27 bits per heavy atom. The number of hydrogen-bond acceptors (Lipinski definition) is 4. The molecule has 1 amide bonds. The largest absolute Gasteiger partial charge is 0.325 e. The lowest BCUT2D eigenvalue weighted by Gasteiger charge is -2.26. The van der Waals surface area contributed by atoms with Crippen molar-refractivity contribution in [3.8, 4) is 0 Å². The van der Waals surface area contributed by atoms with Crippen LogP contribution in [0, 0.1) is 0 Å². The Kier molecular flexibility index (Phi) is 7.52. The van der Waals surface area contributed by atoms with E-state index in [1.165, 1.54) is 0 Å². The van der Waals surface area contributed by atoms with Crippen LogP contribution in [0.2, 0.25) is 0 Å². The zero-order chi connectivity index (χ0) is 16.8. The Labute approximate surface area is 141 Å². The number of amides is 1. The van der Waals surface area contributed by atoms with E-state index in [1.807, 2.05) is 43.0 Å². The Balaban J connectivity index is 2.61. The average Bonchev–Trinajstić information content (AvgIpc) is 2.46. The molecule has 0 aliphatic carbocycles. The minimum absolute atomic E-state index is 0.0723. The monoisotopic (exact) mass is 390 g/mol. The summed E-state index contributed by atoms with van der Waals surface area (Å²) in [7, 11) is -3.05. The van der Waals surface area contributed by atoms with E-state index in [9.17, 15) is 13.2 Å². The number of nitrogens with one attached hydrogen (secondary N) is 1. The first kappa shape index (κ1) is 19.1. The highest BCUT2D eigenvalue weighted by atomic mass is 79.9. The van der Waals surface area contributed by atoms with Gasteiger partial charge in [-0.25, -0.2) is 8.42 Å². The molecule has 0 spiro atoms. The fourth-order valence-corrected chi connectivity index (χ4v) is 3.53. The van der Waals surface area contributed by atoms with Crippen molar-refractivity contribution >= 4 is 37.4 Å². The number of benzene rings is 1. The van der Waals surface area contributed by atoms with Crippen LogP contribution in [0.5, 0.6) is 0 Å².